The van der Waals surface area contributed by atoms with Crippen molar-refractivity contribution in [2.24, 2.45) is 0 Å². The zero-order valence-electron chi connectivity index (χ0n) is 14.2. The molecule has 0 radical (unpaired) electrons. The monoisotopic (exact) mass is 493 g/mol. The Morgan fingerprint density at radius 1 is 0.893 bits per heavy atom. The fourth-order valence-corrected chi connectivity index (χ4v) is 8.19. The third kappa shape index (κ3) is 4.19. The van der Waals surface area contributed by atoms with Crippen LogP contribution in [0.1, 0.15) is 0 Å². The minimum Gasteiger partial charge on any atom is -0.278 e. The van der Waals surface area contributed by atoms with Gasteiger partial charge in [-0.3, -0.25) is 4.72 Å². The Balaban J connectivity index is 2.05. The second-order valence-electron chi connectivity index (χ2n) is 5.44. The van der Waals surface area contributed by atoms with Crippen molar-refractivity contribution in [3.05, 3.63) is 64.6 Å². The van der Waals surface area contributed by atoms with Crippen LogP contribution in [-0.4, -0.2) is 23.1 Å². The molecular formula is C17H13Cl2NO4S4. The average molecular weight is 494 g/mol. The molecular weight excluding hydrogens is 481 g/mol. The Morgan fingerprint density at radius 2 is 1.43 bits per heavy atom. The molecule has 0 bridgehead atoms. The zero-order chi connectivity index (χ0) is 20.5. The first kappa shape index (κ1) is 21.5. The number of anilines is 1. The Morgan fingerprint density at radius 3 is 1.96 bits per heavy atom. The van der Waals surface area contributed by atoms with Gasteiger partial charge in [0.15, 0.2) is 0 Å². The molecule has 0 saturated heterocycles. The summed E-state index contributed by atoms with van der Waals surface area (Å²) in [6.45, 7) is 0. The van der Waals surface area contributed by atoms with Crippen LogP contribution >= 0.6 is 46.3 Å². The van der Waals surface area contributed by atoms with Gasteiger partial charge in [-0.15, -0.1) is 23.1 Å². The lowest BCUT2D eigenvalue weighted by Gasteiger charge is -2.09. The molecule has 1 aromatic heterocycles. The summed E-state index contributed by atoms with van der Waals surface area (Å²) in [6, 6.07) is 13.4. The van der Waals surface area contributed by atoms with E-state index in [1.54, 1.807) is 30.5 Å². The van der Waals surface area contributed by atoms with E-state index in [-0.39, 0.29) is 29.7 Å². The number of thiophene rings is 1. The number of benzene rings is 2. The van der Waals surface area contributed by atoms with E-state index in [4.69, 9.17) is 23.2 Å². The standard InChI is InChI=1S/C17H13Cl2NO4S4/c1-25-17-13(20-28(23,24)15-9-5-3-7-12(15)19)10-16(26-17)27(21,22)14-8-4-2-6-11(14)18/h2-10,20H,1H3. The van der Waals surface area contributed by atoms with Gasteiger partial charge >= 0.3 is 0 Å². The average Bonchev–Trinajstić information content (AvgIpc) is 3.05. The lowest BCUT2D eigenvalue weighted by atomic mass is 10.4. The maximum atomic E-state index is 12.9. The van der Waals surface area contributed by atoms with E-state index >= 15 is 0 Å². The van der Waals surface area contributed by atoms with Crippen LogP contribution in [0.25, 0.3) is 0 Å². The highest BCUT2D eigenvalue weighted by Crippen LogP contribution is 2.41. The van der Waals surface area contributed by atoms with Gasteiger partial charge in [0.2, 0.25) is 9.84 Å². The van der Waals surface area contributed by atoms with E-state index < -0.39 is 19.9 Å². The smallest absolute Gasteiger partial charge is 0.263 e. The molecule has 0 saturated carbocycles. The molecule has 3 aromatic rings. The molecule has 1 N–H and O–H groups in total. The Hall–Kier alpha value is -1.23. The molecule has 0 atom stereocenters. The molecule has 0 aliphatic carbocycles. The molecule has 1 heterocycles. The molecule has 3 rings (SSSR count). The van der Waals surface area contributed by atoms with Crippen molar-refractivity contribution in [3.8, 4) is 0 Å². The number of thioether (sulfide) groups is 1. The van der Waals surface area contributed by atoms with Crippen LogP contribution in [0.15, 0.2) is 72.8 Å². The second-order valence-corrected chi connectivity index (χ2v) is 12.2. The predicted molar refractivity (Wildman–Crippen MR) is 115 cm³/mol. The number of rotatable bonds is 6. The molecule has 0 aliphatic heterocycles. The first-order chi connectivity index (χ1) is 13.2. The zero-order valence-corrected chi connectivity index (χ0v) is 19.0. The molecule has 0 aliphatic rings. The first-order valence-corrected chi connectivity index (χ1v) is 13.4. The van der Waals surface area contributed by atoms with Crippen molar-refractivity contribution in [3.63, 3.8) is 0 Å². The van der Waals surface area contributed by atoms with E-state index in [0.717, 1.165) is 11.3 Å². The summed E-state index contributed by atoms with van der Waals surface area (Å²) in [5.41, 5.74) is 0.169. The van der Waals surface area contributed by atoms with E-state index in [2.05, 4.69) is 4.72 Å². The fourth-order valence-electron chi connectivity index (χ4n) is 2.34. The number of hydrogen-bond acceptors (Lipinski definition) is 6. The SMILES string of the molecule is CSc1sc(S(=O)(=O)c2ccccc2Cl)cc1NS(=O)(=O)c1ccccc1Cl. The van der Waals surface area contributed by atoms with Crippen molar-refractivity contribution < 1.29 is 16.8 Å². The van der Waals surface area contributed by atoms with Crippen LogP contribution in [0.4, 0.5) is 5.69 Å². The largest absolute Gasteiger partial charge is 0.278 e. The summed E-state index contributed by atoms with van der Waals surface area (Å²) >= 11 is 14.2. The molecule has 0 unspecified atom stereocenters. The molecule has 0 fully saturated rings. The highest BCUT2D eigenvalue weighted by molar-refractivity contribution is 8.01. The number of nitrogens with one attached hydrogen (secondary N) is 1. The third-order valence-corrected chi connectivity index (χ3v) is 10.5. The number of sulfonamides is 1. The van der Waals surface area contributed by atoms with Gasteiger partial charge in [-0.25, -0.2) is 16.8 Å². The van der Waals surface area contributed by atoms with Gasteiger partial charge in [0.1, 0.15) is 9.10 Å². The van der Waals surface area contributed by atoms with Gasteiger partial charge < -0.3 is 0 Å². The topological polar surface area (TPSA) is 80.3 Å². The van der Waals surface area contributed by atoms with Crippen molar-refractivity contribution in [2.75, 3.05) is 11.0 Å². The Kier molecular flexibility index (Phi) is 6.33. The molecule has 0 spiro atoms. The van der Waals surface area contributed by atoms with Gasteiger partial charge in [0.05, 0.1) is 24.8 Å². The van der Waals surface area contributed by atoms with Crippen LogP contribution in [-0.2, 0) is 19.9 Å². The summed E-state index contributed by atoms with van der Waals surface area (Å²) in [4.78, 5) is -0.128. The highest BCUT2D eigenvalue weighted by atomic mass is 35.5. The summed E-state index contributed by atoms with van der Waals surface area (Å²) in [5, 5.41) is 0.166. The van der Waals surface area contributed by atoms with E-state index in [0.29, 0.717) is 4.21 Å². The van der Waals surface area contributed by atoms with E-state index in [1.807, 2.05) is 0 Å². The first-order valence-electron chi connectivity index (χ1n) is 7.61. The van der Waals surface area contributed by atoms with E-state index in [9.17, 15) is 16.8 Å². The van der Waals surface area contributed by atoms with Gasteiger partial charge in [0, 0.05) is 0 Å². The summed E-state index contributed by atoms with van der Waals surface area (Å²) in [7, 11) is -7.89. The molecule has 148 valence electrons. The summed E-state index contributed by atoms with van der Waals surface area (Å²) < 4.78 is 54.2. The molecule has 28 heavy (non-hydrogen) atoms. The minimum absolute atomic E-state index is 0.0122. The van der Waals surface area contributed by atoms with Crippen molar-refractivity contribution >= 4 is 71.8 Å². The fraction of sp³-hybridized carbons (Fsp3) is 0.0588. The number of halogens is 2. The van der Waals surface area contributed by atoms with Gasteiger partial charge in [0.25, 0.3) is 10.0 Å². The molecule has 2 aromatic carbocycles. The van der Waals surface area contributed by atoms with Crippen LogP contribution in [0.2, 0.25) is 10.0 Å². The van der Waals surface area contributed by atoms with Crippen molar-refractivity contribution in [1.82, 2.24) is 0 Å². The number of hydrogen-bond donors (Lipinski definition) is 1. The lowest BCUT2D eigenvalue weighted by molar-refractivity contribution is 0.597. The lowest BCUT2D eigenvalue weighted by Crippen LogP contribution is -2.13. The highest BCUT2D eigenvalue weighted by Gasteiger charge is 2.27. The summed E-state index contributed by atoms with van der Waals surface area (Å²) in [5.74, 6) is 0. The maximum absolute atomic E-state index is 12.9. The van der Waals surface area contributed by atoms with Gasteiger partial charge in [-0.2, -0.15) is 0 Å². The van der Waals surface area contributed by atoms with Gasteiger partial charge in [-0.1, -0.05) is 47.5 Å². The van der Waals surface area contributed by atoms with E-state index in [1.165, 1.54) is 42.1 Å². The van der Waals surface area contributed by atoms with Crippen LogP contribution < -0.4 is 4.72 Å². The summed E-state index contributed by atoms with van der Waals surface area (Å²) in [6.07, 6.45) is 1.73. The van der Waals surface area contributed by atoms with Crippen LogP contribution in [0, 0.1) is 0 Å². The van der Waals surface area contributed by atoms with Gasteiger partial charge in [-0.05, 0) is 36.6 Å². The molecule has 11 heteroatoms. The van der Waals surface area contributed by atoms with Crippen molar-refractivity contribution in [1.29, 1.82) is 0 Å². The Bertz CT molecular complexity index is 1240. The Labute approximate surface area is 181 Å². The van der Waals surface area contributed by atoms with Crippen molar-refractivity contribution in [2.45, 2.75) is 18.2 Å². The molecule has 5 nitrogen and oxygen atoms in total. The quantitative estimate of drug-likeness (QED) is 0.464. The minimum atomic E-state index is -3.99. The second kappa shape index (κ2) is 8.25. The number of sulfone groups is 1. The van der Waals surface area contributed by atoms with Crippen LogP contribution in [0.3, 0.4) is 0 Å². The maximum Gasteiger partial charge on any atom is 0.263 e. The molecule has 0 amide bonds. The third-order valence-electron chi connectivity index (χ3n) is 3.62. The van der Waals surface area contributed by atoms with Crippen LogP contribution in [0.5, 0.6) is 0 Å². The normalized spacial score (nSPS) is 12.1. The predicted octanol–water partition coefficient (Wildman–Crippen LogP) is 5.41.